The Morgan fingerprint density at radius 1 is 1.50 bits per heavy atom. The molecular formula is C9H5BrIN3O2. The molecule has 0 radical (unpaired) electrons. The van der Waals surface area contributed by atoms with Crippen LogP contribution in [0.3, 0.4) is 0 Å². The van der Waals surface area contributed by atoms with Crippen LogP contribution >= 0.6 is 38.5 Å². The molecular weight excluding hydrogens is 389 g/mol. The Kier molecular flexibility index (Phi) is 3.24. The van der Waals surface area contributed by atoms with Crippen LogP contribution in [-0.2, 0) is 0 Å². The van der Waals surface area contributed by atoms with Gasteiger partial charge in [-0.05, 0) is 44.6 Å². The first-order chi connectivity index (χ1) is 7.58. The van der Waals surface area contributed by atoms with Crippen molar-refractivity contribution < 1.29 is 9.90 Å². The summed E-state index contributed by atoms with van der Waals surface area (Å²) in [7, 11) is 0. The highest BCUT2D eigenvalue weighted by Crippen LogP contribution is 2.17. The summed E-state index contributed by atoms with van der Waals surface area (Å²) in [5, 5.41) is 13.1. The molecule has 0 spiro atoms. The van der Waals surface area contributed by atoms with Crippen molar-refractivity contribution in [2.75, 3.05) is 0 Å². The van der Waals surface area contributed by atoms with Gasteiger partial charge in [0.1, 0.15) is 5.56 Å². The molecule has 1 N–H and O–H groups in total. The van der Waals surface area contributed by atoms with Gasteiger partial charge in [0.2, 0.25) is 0 Å². The van der Waals surface area contributed by atoms with Crippen molar-refractivity contribution in [1.82, 2.24) is 14.8 Å². The monoisotopic (exact) mass is 393 g/mol. The molecule has 0 saturated carbocycles. The van der Waals surface area contributed by atoms with Crippen molar-refractivity contribution in [2.24, 2.45) is 0 Å². The first-order valence-corrected chi connectivity index (χ1v) is 6.04. The van der Waals surface area contributed by atoms with Gasteiger partial charge in [-0.3, -0.25) is 0 Å². The number of carboxylic acid groups (broad SMARTS) is 1. The molecule has 2 aromatic rings. The second-order valence-corrected chi connectivity index (χ2v) is 5.09. The van der Waals surface area contributed by atoms with E-state index in [9.17, 15) is 4.79 Å². The van der Waals surface area contributed by atoms with Gasteiger partial charge >= 0.3 is 5.97 Å². The molecule has 2 heterocycles. The van der Waals surface area contributed by atoms with Gasteiger partial charge in [-0.25, -0.2) is 14.5 Å². The fourth-order valence-corrected chi connectivity index (χ4v) is 1.91. The number of hydrogen-bond donors (Lipinski definition) is 1. The summed E-state index contributed by atoms with van der Waals surface area (Å²) in [6.07, 6.45) is 4.88. The minimum atomic E-state index is -1.03. The summed E-state index contributed by atoms with van der Waals surface area (Å²) in [5.74, 6) is -0.729. The average molecular weight is 394 g/mol. The highest BCUT2D eigenvalue weighted by atomic mass is 127. The van der Waals surface area contributed by atoms with E-state index in [4.69, 9.17) is 5.11 Å². The molecule has 0 amide bonds. The van der Waals surface area contributed by atoms with Gasteiger partial charge in [-0.1, -0.05) is 0 Å². The van der Waals surface area contributed by atoms with Gasteiger partial charge in [0.15, 0.2) is 5.82 Å². The lowest BCUT2D eigenvalue weighted by Crippen LogP contribution is -2.08. The third-order valence-corrected chi connectivity index (χ3v) is 2.82. The highest BCUT2D eigenvalue weighted by Gasteiger charge is 2.14. The largest absolute Gasteiger partial charge is 0.478 e. The Hall–Kier alpha value is -0.960. The van der Waals surface area contributed by atoms with Crippen LogP contribution in [0, 0.1) is 3.57 Å². The number of rotatable bonds is 2. The van der Waals surface area contributed by atoms with E-state index in [1.807, 2.05) is 0 Å². The first-order valence-electron chi connectivity index (χ1n) is 4.17. The maximum atomic E-state index is 11.1. The Bertz CT molecular complexity index is 555. The number of carbonyl (C=O) groups is 1. The van der Waals surface area contributed by atoms with Crippen molar-refractivity contribution in [2.45, 2.75) is 0 Å². The van der Waals surface area contributed by atoms with Gasteiger partial charge in [0, 0.05) is 16.9 Å². The van der Waals surface area contributed by atoms with Crippen molar-refractivity contribution in [3.8, 4) is 5.82 Å². The predicted molar refractivity (Wildman–Crippen MR) is 68.7 cm³/mol. The van der Waals surface area contributed by atoms with E-state index in [2.05, 4.69) is 48.6 Å². The van der Waals surface area contributed by atoms with Crippen molar-refractivity contribution >= 4 is 44.5 Å². The second kappa shape index (κ2) is 4.50. The number of carboxylic acids is 1. The molecule has 0 aromatic carbocycles. The molecule has 82 valence electrons. The summed E-state index contributed by atoms with van der Waals surface area (Å²) < 4.78 is 2.98. The van der Waals surface area contributed by atoms with Gasteiger partial charge in [-0.15, -0.1) is 0 Å². The zero-order valence-corrected chi connectivity index (χ0v) is 11.5. The maximum Gasteiger partial charge on any atom is 0.339 e. The predicted octanol–water partition coefficient (Wildman–Crippen LogP) is 2.33. The number of pyridine rings is 1. The van der Waals surface area contributed by atoms with E-state index in [1.165, 1.54) is 16.9 Å². The minimum Gasteiger partial charge on any atom is -0.478 e. The quantitative estimate of drug-likeness (QED) is 0.795. The summed E-state index contributed by atoms with van der Waals surface area (Å²) in [6, 6.07) is 1.50. The number of aromatic nitrogens is 3. The lowest BCUT2D eigenvalue weighted by atomic mass is 10.2. The van der Waals surface area contributed by atoms with E-state index >= 15 is 0 Å². The number of halogens is 2. The summed E-state index contributed by atoms with van der Waals surface area (Å²) in [4.78, 5) is 15.1. The topological polar surface area (TPSA) is 68.0 Å². The molecule has 0 unspecified atom stereocenters. The van der Waals surface area contributed by atoms with Gasteiger partial charge in [-0.2, -0.15) is 5.10 Å². The molecule has 0 bridgehead atoms. The van der Waals surface area contributed by atoms with Crippen LogP contribution in [-0.4, -0.2) is 25.8 Å². The number of aromatic carboxylic acids is 1. The lowest BCUT2D eigenvalue weighted by molar-refractivity contribution is 0.0696. The van der Waals surface area contributed by atoms with Crippen LogP contribution in [0.15, 0.2) is 29.1 Å². The summed E-state index contributed by atoms with van der Waals surface area (Å²) in [6.45, 7) is 0. The Morgan fingerprint density at radius 3 is 2.81 bits per heavy atom. The average Bonchev–Trinajstić information content (AvgIpc) is 2.64. The number of nitrogens with zero attached hydrogens (tertiary/aromatic N) is 3. The van der Waals surface area contributed by atoms with E-state index in [1.54, 1.807) is 12.4 Å². The Morgan fingerprint density at radius 2 is 2.25 bits per heavy atom. The second-order valence-electron chi connectivity index (χ2n) is 2.93. The van der Waals surface area contributed by atoms with Gasteiger partial charge in [0.05, 0.1) is 9.77 Å². The standard InChI is InChI=1S/C9H5BrIN3O2/c10-5-1-7(9(15)16)8(12-2-5)14-4-6(11)3-13-14/h1-4H,(H,15,16). The molecule has 0 aliphatic rings. The van der Waals surface area contributed by atoms with E-state index in [0.717, 1.165) is 3.57 Å². The Labute approximate surface area is 113 Å². The molecule has 16 heavy (non-hydrogen) atoms. The van der Waals surface area contributed by atoms with E-state index < -0.39 is 5.97 Å². The molecule has 5 nitrogen and oxygen atoms in total. The van der Waals surface area contributed by atoms with Crippen LogP contribution in [0.1, 0.15) is 10.4 Å². The summed E-state index contributed by atoms with van der Waals surface area (Å²) in [5.41, 5.74) is 0.105. The van der Waals surface area contributed by atoms with Crippen LogP contribution in [0.5, 0.6) is 0 Å². The molecule has 0 aliphatic carbocycles. The summed E-state index contributed by atoms with van der Waals surface area (Å²) >= 11 is 5.28. The zero-order valence-electron chi connectivity index (χ0n) is 7.76. The molecule has 0 atom stereocenters. The molecule has 7 heteroatoms. The fourth-order valence-electron chi connectivity index (χ4n) is 1.19. The van der Waals surface area contributed by atoms with Crippen molar-refractivity contribution in [3.63, 3.8) is 0 Å². The Balaban J connectivity index is 2.60. The normalized spacial score (nSPS) is 10.4. The third kappa shape index (κ3) is 2.24. The van der Waals surface area contributed by atoms with Crippen LogP contribution in [0.25, 0.3) is 5.82 Å². The third-order valence-electron chi connectivity index (χ3n) is 1.83. The van der Waals surface area contributed by atoms with Crippen LogP contribution < -0.4 is 0 Å². The van der Waals surface area contributed by atoms with E-state index in [-0.39, 0.29) is 5.56 Å². The molecule has 2 aromatic heterocycles. The zero-order chi connectivity index (χ0) is 11.7. The van der Waals surface area contributed by atoms with Gasteiger partial charge < -0.3 is 5.11 Å². The highest BCUT2D eigenvalue weighted by molar-refractivity contribution is 14.1. The fraction of sp³-hybridized carbons (Fsp3) is 0. The van der Waals surface area contributed by atoms with Crippen LogP contribution in [0.4, 0.5) is 0 Å². The van der Waals surface area contributed by atoms with Crippen LogP contribution in [0.2, 0.25) is 0 Å². The van der Waals surface area contributed by atoms with Crippen molar-refractivity contribution in [1.29, 1.82) is 0 Å². The molecule has 0 fully saturated rings. The molecule has 0 saturated heterocycles. The van der Waals surface area contributed by atoms with Gasteiger partial charge in [0.25, 0.3) is 0 Å². The SMILES string of the molecule is O=C(O)c1cc(Br)cnc1-n1cc(I)cn1. The van der Waals surface area contributed by atoms with Crippen molar-refractivity contribution in [3.05, 3.63) is 38.3 Å². The van der Waals surface area contributed by atoms with E-state index in [0.29, 0.717) is 10.3 Å². The molecule has 0 aliphatic heterocycles. The smallest absolute Gasteiger partial charge is 0.339 e. The molecule has 2 rings (SSSR count). The number of hydrogen-bond acceptors (Lipinski definition) is 3. The maximum absolute atomic E-state index is 11.1. The lowest BCUT2D eigenvalue weighted by Gasteiger charge is -2.04. The first kappa shape index (κ1) is 11.5. The minimum absolute atomic E-state index is 0.105.